The van der Waals surface area contributed by atoms with Crippen molar-refractivity contribution in [1.29, 1.82) is 0 Å². The maximum Gasteiger partial charge on any atom is 0.128 e. The van der Waals surface area contributed by atoms with Crippen molar-refractivity contribution in [2.75, 3.05) is 13.7 Å². The molecule has 2 heterocycles. The lowest BCUT2D eigenvalue weighted by atomic mass is 10.1. The fraction of sp³-hybridized carbons (Fsp3) is 0.438. The highest BCUT2D eigenvalue weighted by Gasteiger charge is 2.16. The van der Waals surface area contributed by atoms with Crippen LogP contribution in [-0.2, 0) is 11.3 Å². The van der Waals surface area contributed by atoms with Gasteiger partial charge in [0.1, 0.15) is 5.75 Å². The normalized spacial score (nSPS) is 18.7. The van der Waals surface area contributed by atoms with Gasteiger partial charge in [-0.2, -0.15) is 5.10 Å². The van der Waals surface area contributed by atoms with E-state index in [9.17, 15) is 0 Å². The van der Waals surface area contributed by atoms with Crippen LogP contribution in [0.1, 0.15) is 19.3 Å². The maximum absolute atomic E-state index is 6.08. The van der Waals surface area contributed by atoms with Gasteiger partial charge in [-0.1, -0.05) is 11.6 Å². The van der Waals surface area contributed by atoms with Gasteiger partial charge >= 0.3 is 0 Å². The predicted molar refractivity (Wildman–Crippen MR) is 82.8 cm³/mol. The zero-order valence-electron chi connectivity index (χ0n) is 12.1. The fourth-order valence-electron chi connectivity index (χ4n) is 2.65. The van der Waals surface area contributed by atoms with Crippen LogP contribution in [0.15, 0.2) is 30.5 Å². The van der Waals surface area contributed by atoms with E-state index in [1.807, 2.05) is 35.1 Å². The molecule has 0 radical (unpaired) electrons. The van der Waals surface area contributed by atoms with Gasteiger partial charge in [-0.05, 0) is 43.5 Å². The Balaban J connectivity index is 1.79. The van der Waals surface area contributed by atoms with Crippen molar-refractivity contribution < 1.29 is 9.47 Å². The molecule has 0 bridgehead atoms. The van der Waals surface area contributed by atoms with E-state index >= 15 is 0 Å². The molecule has 0 saturated carbocycles. The van der Waals surface area contributed by atoms with E-state index < -0.39 is 0 Å². The number of aromatic nitrogens is 2. The van der Waals surface area contributed by atoms with E-state index in [2.05, 4.69) is 5.10 Å². The lowest BCUT2D eigenvalue weighted by molar-refractivity contribution is 0.00403. The Bertz CT molecular complexity index is 606. The van der Waals surface area contributed by atoms with Crippen LogP contribution in [0.5, 0.6) is 5.75 Å². The first-order valence-electron chi connectivity index (χ1n) is 7.25. The van der Waals surface area contributed by atoms with Gasteiger partial charge in [-0.25, -0.2) is 0 Å². The number of hydrogen-bond acceptors (Lipinski definition) is 3. The zero-order valence-corrected chi connectivity index (χ0v) is 12.8. The van der Waals surface area contributed by atoms with Crippen LogP contribution < -0.4 is 4.74 Å². The summed E-state index contributed by atoms with van der Waals surface area (Å²) < 4.78 is 13.1. The average molecular weight is 307 g/mol. The monoisotopic (exact) mass is 306 g/mol. The Morgan fingerprint density at radius 3 is 3.05 bits per heavy atom. The summed E-state index contributed by atoms with van der Waals surface area (Å²) in [5, 5.41) is 5.30. The Labute approximate surface area is 129 Å². The molecule has 0 amide bonds. The molecule has 1 saturated heterocycles. The molecular weight excluding hydrogens is 288 g/mol. The van der Waals surface area contributed by atoms with E-state index in [0.29, 0.717) is 5.02 Å². The largest absolute Gasteiger partial charge is 0.496 e. The van der Waals surface area contributed by atoms with Crippen LogP contribution in [0, 0.1) is 0 Å². The van der Waals surface area contributed by atoms with Crippen molar-refractivity contribution in [2.45, 2.75) is 31.9 Å². The molecule has 112 valence electrons. The number of rotatable bonds is 4. The third kappa shape index (κ3) is 3.39. The molecule has 21 heavy (non-hydrogen) atoms. The lowest BCUT2D eigenvalue weighted by Crippen LogP contribution is -2.24. The minimum atomic E-state index is 0.271. The van der Waals surface area contributed by atoms with Crippen molar-refractivity contribution in [1.82, 2.24) is 9.78 Å². The third-order valence-corrected chi connectivity index (χ3v) is 3.98. The summed E-state index contributed by atoms with van der Waals surface area (Å²) in [6.07, 6.45) is 5.76. The van der Waals surface area contributed by atoms with Gasteiger partial charge in [-0.15, -0.1) is 0 Å². The van der Waals surface area contributed by atoms with Crippen molar-refractivity contribution in [3.8, 4) is 17.0 Å². The van der Waals surface area contributed by atoms with Crippen molar-refractivity contribution in [2.24, 2.45) is 0 Å². The van der Waals surface area contributed by atoms with Crippen LogP contribution in [0.3, 0.4) is 0 Å². The van der Waals surface area contributed by atoms with Gasteiger partial charge in [0.15, 0.2) is 0 Å². The fourth-order valence-corrected chi connectivity index (χ4v) is 2.82. The molecule has 2 aromatic rings. The van der Waals surface area contributed by atoms with Crippen molar-refractivity contribution in [3.63, 3.8) is 0 Å². The summed E-state index contributed by atoms with van der Waals surface area (Å²) in [6, 6.07) is 7.54. The van der Waals surface area contributed by atoms with Crippen LogP contribution >= 0.6 is 11.6 Å². The molecule has 1 aliphatic heterocycles. The maximum atomic E-state index is 6.08. The summed E-state index contributed by atoms with van der Waals surface area (Å²) in [6.45, 7) is 1.66. The number of benzene rings is 1. The molecule has 1 aromatic carbocycles. The van der Waals surface area contributed by atoms with E-state index in [4.69, 9.17) is 21.1 Å². The van der Waals surface area contributed by atoms with Gasteiger partial charge in [0.05, 0.1) is 25.5 Å². The lowest BCUT2D eigenvalue weighted by Gasteiger charge is -2.22. The van der Waals surface area contributed by atoms with Gasteiger partial charge in [0.2, 0.25) is 0 Å². The highest BCUT2D eigenvalue weighted by molar-refractivity contribution is 6.30. The van der Waals surface area contributed by atoms with E-state index in [-0.39, 0.29) is 6.10 Å². The number of nitrogens with zero attached hydrogens (tertiary/aromatic N) is 2. The third-order valence-electron chi connectivity index (χ3n) is 3.74. The van der Waals surface area contributed by atoms with Crippen LogP contribution in [0.2, 0.25) is 5.02 Å². The molecule has 0 spiro atoms. The van der Waals surface area contributed by atoms with Gasteiger partial charge in [0.25, 0.3) is 0 Å². The second kappa shape index (κ2) is 6.50. The Hall–Kier alpha value is -1.52. The SMILES string of the molecule is COc1ccc(Cl)cc1-c1ccn(CC2CCCCO2)n1. The molecule has 1 aromatic heterocycles. The smallest absolute Gasteiger partial charge is 0.128 e. The molecule has 1 fully saturated rings. The molecule has 1 unspecified atom stereocenters. The number of hydrogen-bond donors (Lipinski definition) is 0. The zero-order chi connectivity index (χ0) is 14.7. The summed E-state index contributed by atoms with van der Waals surface area (Å²) in [5.74, 6) is 0.776. The van der Waals surface area contributed by atoms with E-state index in [1.54, 1.807) is 7.11 Å². The molecule has 5 heteroatoms. The van der Waals surface area contributed by atoms with E-state index in [1.165, 1.54) is 12.8 Å². The van der Waals surface area contributed by atoms with E-state index in [0.717, 1.165) is 36.6 Å². The highest BCUT2D eigenvalue weighted by Crippen LogP contribution is 2.31. The number of methoxy groups -OCH3 is 1. The molecule has 0 aliphatic carbocycles. The first-order chi connectivity index (χ1) is 10.3. The van der Waals surface area contributed by atoms with Crippen molar-refractivity contribution in [3.05, 3.63) is 35.5 Å². The minimum Gasteiger partial charge on any atom is -0.496 e. The average Bonchev–Trinajstić information content (AvgIpc) is 2.96. The molecular formula is C16H19ClN2O2. The highest BCUT2D eigenvalue weighted by atomic mass is 35.5. The van der Waals surface area contributed by atoms with Gasteiger partial charge in [-0.3, -0.25) is 4.68 Å². The predicted octanol–water partition coefficient (Wildman–Crippen LogP) is 3.78. The van der Waals surface area contributed by atoms with Crippen LogP contribution in [0.25, 0.3) is 11.3 Å². The first kappa shape index (κ1) is 14.4. The topological polar surface area (TPSA) is 36.3 Å². The number of ether oxygens (including phenoxy) is 2. The quantitative estimate of drug-likeness (QED) is 0.862. The van der Waals surface area contributed by atoms with Crippen LogP contribution in [-0.4, -0.2) is 29.6 Å². The Morgan fingerprint density at radius 1 is 1.38 bits per heavy atom. The summed E-state index contributed by atoms with van der Waals surface area (Å²) in [7, 11) is 1.65. The molecule has 4 nitrogen and oxygen atoms in total. The standard InChI is InChI=1S/C16H19ClN2O2/c1-20-16-6-5-12(17)10-14(16)15-7-8-19(18-15)11-13-4-2-3-9-21-13/h5-8,10,13H,2-4,9,11H2,1H3. The molecule has 1 atom stereocenters. The summed E-state index contributed by atoms with van der Waals surface area (Å²) >= 11 is 6.08. The second-order valence-electron chi connectivity index (χ2n) is 5.26. The van der Waals surface area contributed by atoms with Gasteiger partial charge < -0.3 is 9.47 Å². The summed E-state index contributed by atoms with van der Waals surface area (Å²) in [4.78, 5) is 0. The van der Waals surface area contributed by atoms with Gasteiger partial charge in [0, 0.05) is 23.4 Å². The minimum absolute atomic E-state index is 0.271. The first-order valence-corrected chi connectivity index (χ1v) is 7.63. The van der Waals surface area contributed by atoms with Crippen molar-refractivity contribution >= 4 is 11.6 Å². The molecule has 0 N–H and O–H groups in total. The number of halogens is 1. The second-order valence-corrected chi connectivity index (χ2v) is 5.69. The molecule has 3 rings (SSSR count). The summed E-state index contributed by atoms with van der Waals surface area (Å²) in [5.41, 5.74) is 1.78. The molecule has 1 aliphatic rings. The Kier molecular flexibility index (Phi) is 4.46. The Morgan fingerprint density at radius 2 is 2.29 bits per heavy atom. The van der Waals surface area contributed by atoms with Crippen LogP contribution in [0.4, 0.5) is 0 Å².